The van der Waals surface area contributed by atoms with Gasteiger partial charge in [-0.15, -0.1) is 0 Å². The number of nitrogen functional groups attached to an aromatic ring is 1. The number of carbonyl (C=O) groups is 1. The fourth-order valence-electron chi connectivity index (χ4n) is 1.64. The first-order valence-electron chi connectivity index (χ1n) is 5.74. The summed E-state index contributed by atoms with van der Waals surface area (Å²) in [6.45, 7) is 1.20. The monoisotopic (exact) mass is 275 g/mol. The summed E-state index contributed by atoms with van der Waals surface area (Å²) in [5.74, 6) is 4.55. The lowest BCUT2D eigenvalue weighted by Crippen LogP contribution is -2.33. The number of alkyl halides is 3. The van der Waals surface area contributed by atoms with Gasteiger partial charge in [0.15, 0.2) is 0 Å². The zero-order chi connectivity index (χ0) is 14.5. The third-order valence-corrected chi connectivity index (χ3v) is 2.60. The zero-order valence-corrected chi connectivity index (χ0v) is 10.5. The molecule has 0 aromatic heterocycles. The maximum absolute atomic E-state index is 12.3. The number of hydrazine groups is 1. The van der Waals surface area contributed by atoms with Gasteiger partial charge in [0.2, 0.25) is 0 Å². The Labute approximate surface area is 109 Å². The summed E-state index contributed by atoms with van der Waals surface area (Å²) < 4.78 is 36.9. The Hall–Kier alpha value is -1.60. The van der Waals surface area contributed by atoms with Crippen LogP contribution < -0.4 is 11.3 Å². The van der Waals surface area contributed by atoms with Crippen molar-refractivity contribution in [2.24, 2.45) is 5.84 Å². The van der Waals surface area contributed by atoms with Crippen LogP contribution in [0.3, 0.4) is 0 Å². The Kier molecular flexibility index (Phi) is 5.31. The van der Waals surface area contributed by atoms with Gasteiger partial charge in [0, 0.05) is 12.1 Å². The molecule has 1 aromatic carbocycles. The maximum Gasteiger partial charge on any atom is 0.401 e. The molecule has 0 bridgehead atoms. The van der Waals surface area contributed by atoms with Crippen LogP contribution in [0.15, 0.2) is 24.3 Å². The van der Waals surface area contributed by atoms with Crippen molar-refractivity contribution in [1.29, 1.82) is 0 Å². The average molecular weight is 275 g/mol. The van der Waals surface area contributed by atoms with Gasteiger partial charge >= 0.3 is 6.18 Å². The molecule has 0 unspecified atom stereocenters. The van der Waals surface area contributed by atoms with Gasteiger partial charge in [0.25, 0.3) is 5.91 Å². The van der Waals surface area contributed by atoms with Crippen LogP contribution in [0.25, 0.3) is 0 Å². The predicted octanol–water partition coefficient (Wildman–Crippen LogP) is 1.67. The molecule has 0 spiro atoms. The Bertz CT molecular complexity index is 417. The summed E-state index contributed by atoms with van der Waals surface area (Å²) in [5, 5.41) is 0. The summed E-state index contributed by atoms with van der Waals surface area (Å²) in [6, 6.07) is 6.28. The van der Waals surface area contributed by atoms with Crippen molar-refractivity contribution < 1.29 is 18.0 Å². The second kappa shape index (κ2) is 6.53. The van der Waals surface area contributed by atoms with Crippen molar-refractivity contribution in [2.45, 2.75) is 19.6 Å². The van der Waals surface area contributed by atoms with Crippen LogP contribution in [0.4, 0.5) is 13.2 Å². The first-order valence-corrected chi connectivity index (χ1v) is 5.74. The number of carbonyl (C=O) groups excluding carboxylic acids is 1. The molecule has 1 rings (SSSR count). The Morgan fingerprint density at radius 1 is 1.32 bits per heavy atom. The summed E-state index contributed by atoms with van der Waals surface area (Å²) in [5.41, 5.74) is 3.06. The summed E-state index contributed by atoms with van der Waals surface area (Å²) in [6.07, 6.45) is -4.21. The molecule has 0 aliphatic carbocycles. The quantitative estimate of drug-likeness (QED) is 0.488. The largest absolute Gasteiger partial charge is 0.401 e. The van der Waals surface area contributed by atoms with E-state index in [1.54, 1.807) is 19.1 Å². The van der Waals surface area contributed by atoms with Crippen molar-refractivity contribution in [3.8, 4) is 0 Å². The number of nitrogens with two attached hydrogens (primary N) is 1. The molecule has 0 fully saturated rings. The lowest BCUT2D eigenvalue weighted by Gasteiger charge is -2.21. The molecule has 4 nitrogen and oxygen atoms in total. The second-order valence-corrected chi connectivity index (χ2v) is 4.09. The highest BCUT2D eigenvalue weighted by Crippen LogP contribution is 2.18. The fourth-order valence-corrected chi connectivity index (χ4v) is 1.64. The molecular formula is C12H16F3N3O. The molecule has 106 valence electrons. The summed E-state index contributed by atoms with van der Waals surface area (Å²) in [7, 11) is 0. The highest BCUT2D eigenvalue weighted by atomic mass is 19.4. The predicted molar refractivity (Wildman–Crippen MR) is 65.1 cm³/mol. The molecule has 3 N–H and O–H groups in total. The molecule has 19 heavy (non-hydrogen) atoms. The lowest BCUT2D eigenvalue weighted by atomic mass is 10.1. The minimum absolute atomic E-state index is 0.181. The number of rotatable bonds is 5. The number of amides is 1. The lowest BCUT2D eigenvalue weighted by molar-refractivity contribution is -0.146. The van der Waals surface area contributed by atoms with Crippen molar-refractivity contribution >= 4 is 5.91 Å². The molecule has 1 amide bonds. The molecule has 0 saturated heterocycles. The topological polar surface area (TPSA) is 58.4 Å². The van der Waals surface area contributed by atoms with Gasteiger partial charge in [-0.1, -0.05) is 19.1 Å². The van der Waals surface area contributed by atoms with Crippen molar-refractivity contribution in [2.75, 3.05) is 13.1 Å². The van der Waals surface area contributed by atoms with E-state index >= 15 is 0 Å². The van der Waals surface area contributed by atoms with Crippen LogP contribution in [0.5, 0.6) is 0 Å². The summed E-state index contributed by atoms with van der Waals surface area (Å²) >= 11 is 0. The second-order valence-electron chi connectivity index (χ2n) is 4.09. The van der Waals surface area contributed by atoms with Gasteiger partial charge in [-0.05, 0) is 24.2 Å². The van der Waals surface area contributed by atoms with Gasteiger partial charge in [-0.2, -0.15) is 13.2 Å². The highest BCUT2D eigenvalue weighted by Gasteiger charge is 2.29. The number of nitrogens with one attached hydrogen (secondary N) is 1. The van der Waals surface area contributed by atoms with E-state index in [4.69, 9.17) is 5.84 Å². The van der Waals surface area contributed by atoms with Gasteiger partial charge in [0.05, 0.1) is 6.54 Å². The van der Waals surface area contributed by atoms with Crippen LogP contribution in [0, 0.1) is 0 Å². The molecule has 0 radical (unpaired) electrons. The van der Waals surface area contributed by atoms with E-state index in [9.17, 15) is 18.0 Å². The smallest absolute Gasteiger partial charge is 0.291 e. The van der Waals surface area contributed by atoms with Crippen molar-refractivity contribution in [1.82, 2.24) is 10.3 Å². The van der Waals surface area contributed by atoms with E-state index in [2.05, 4.69) is 0 Å². The van der Waals surface area contributed by atoms with E-state index < -0.39 is 18.6 Å². The SMILES string of the molecule is CCN(Cc1ccc(C(=O)NN)cc1)CC(F)(F)F. The third-order valence-electron chi connectivity index (χ3n) is 2.60. The molecule has 1 aromatic rings. The molecule has 0 saturated carbocycles. The molecule has 7 heteroatoms. The molecular weight excluding hydrogens is 259 g/mol. The van der Waals surface area contributed by atoms with Gasteiger partial charge in [-0.3, -0.25) is 15.1 Å². The molecule has 0 atom stereocenters. The Morgan fingerprint density at radius 3 is 2.32 bits per heavy atom. The molecule has 0 aliphatic rings. The third kappa shape index (κ3) is 5.27. The first-order chi connectivity index (χ1) is 8.85. The van der Waals surface area contributed by atoms with Gasteiger partial charge < -0.3 is 0 Å². The van der Waals surface area contributed by atoms with Crippen molar-refractivity contribution in [3.05, 3.63) is 35.4 Å². The number of benzene rings is 1. The minimum atomic E-state index is -4.21. The molecule has 0 heterocycles. The fraction of sp³-hybridized carbons (Fsp3) is 0.417. The Balaban J connectivity index is 2.68. The van der Waals surface area contributed by atoms with E-state index in [-0.39, 0.29) is 6.54 Å². The number of hydrogen-bond acceptors (Lipinski definition) is 3. The van der Waals surface area contributed by atoms with Gasteiger partial charge in [0.1, 0.15) is 0 Å². The Morgan fingerprint density at radius 2 is 1.89 bits per heavy atom. The number of hydrogen-bond donors (Lipinski definition) is 2. The minimum Gasteiger partial charge on any atom is -0.291 e. The van der Waals surface area contributed by atoms with E-state index in [1.807, 2.05) is 5.43 Å². The van der Waals surface area contributed by atoms with Crippen molar-refractivity contribution in [3.63, 3.8) is 0 Å². The molecule has 0 aliphatic heterocycles. The number of nitrogens with zero attached hydrogens (tertiary/aromatic N) is 1. The number of halogens is 3. The van der Waals surface area contributed by atoms with Crippen LogP contribution >= 0.6 is 0 Å². The normalized spacial score (nSPS) is 11.7. The van der Waals surface area contributed by atoms with E-state index in [0.717, 1.165) is 0 Å². The van der Waals surface area contributed by atoms with Crippen LogP contribution in [0.1, 0.15) is 22.8 Å². The van der Waals surface area contributed by atoms with Crippen LogP contribution in [-0.4, -0.2) is 30.1 Å². The van der Waals surface area contributed by atoms with E-state index in [0.29, 0.717) is 17.7 Å². The van der Waals surface area contributed by atoms with E-state index in [1.165, 1.54) is 17.0 Å². The standard InChI is InChI=1S/C12H16F3N3O/c1-2-18(8-12(13,14)15)7-9-3-5-10(6-4-9)11(19)17-16/h3-6H,2,7-8,16H2,1H3,(H,17,19). The van der Waals surface area contributed by atoms with Crippen LogP contribution in [0.2, 0.25) is 0 Å². The first kappa shape index (κ1) is 15.5. The maximum atomic E-state index is 12.3. The highest BCUT2D eigenvalue weighted by molar-refractivity contribution is 5.93. The van der Waals surface area contributed by atoms with Crippen LogP contribution in [-0.2, 0) is 6.54 Å². The van der Waals surface area contributed by atoms with Gasteiger partial charge in [-0.25, -0.2) is 5.84 Å². The average Bonchev–Trinajstić information content (AvgIpc) is 2.36. The zero-order valence-electron chi connectivity index (χ0n) is 10.5. The summed E-state index contributed by atoms with van der Waals surface area (Å²) in [4.78, 5) is 12.5.